The number of aromatic hydroxyl groups is 2. The van der Waals surface area contributed by atoms with E-state index in [0.717, 1.165) is 5.39 Å². The fourth-order valence-corrected chi connectivity index (χ4v) is 2.98. The van der Waals surface area contributed by atoms with E-state index in [2.05, 4.69) is 6.58 Å². The van der Waals surface area contributed by atoms with Crippen LogP contribution in [0.25, 0.3) is 32.7 Å². The molecule has 2 N–H and O–H groups in total. The van der Waals surface area contributed by atoms with Gasteiger partial charge in [0, 0.05) is 28.9 Å². The van der Waals surface area contributed by atoms with Crippen LogP contribution in [0.5, 0.6) is 11.6 Å². The second-order valence-electron chi connectivity index (χ2n) is 5.40. The Bertz CT molecular complexity index is 1150. The zero-order valence-corrected chi connectivity index (χ0v) is 12.1. The first-order chi connectivity index (χ1) is 11.1. The van der Waals surface area contributed by atoms with Gasteiger partial charge in [-0.15, -0.1) is 6.58 Å². The van der Waals surface area contributed by atoms with Gasteiger partial charge in [-0.3, -0.25) is 4.79 Å². The van der Waals surface area contributed by atoms with Gasteiger partial charge in [0.2, 0.25) is 5.88 Å². The number of pyridine rings is 1. The highest BCUT2D eigenvalue weighted by Crippen LogP contribution is 2.36. The molecule has 5 heteroatoms. The van der Waals surface area contributed by atoms with Crippen molar-refractivity contribution in [1.82, 2.24) is 4.57 Å². The standard InChI is InChI=1S/C18H13NO4/c1-2-7-19-9-12-11-8-10(20)3-5-14(11)23-15-6-4-13(21)17(16(12)15)18(19)22/h2-6,8-9,20,22H,1,7H2. The number of nitrogens with zero attached hydrogens (tertiary/aromatic N) is 1. The summed E-state index contributed by atoms with van der Waals surface area (Å²) in [7, 11) is 0. The molecule has 0 amide bonds. The zero-order valence-electron chi connectivity index (χ0n) is 12.1. The molecule has 0 aliphatic rings. The van der Waals surface area contributed by atoms with Crippen LogP contribution < -0.4 is 5.43 Å². The summed E-state index contributed by atoms with van der Waals surface area (Å²) in [4.78, 5) is 12.3. The van der Waals surface area contributed by atoms with E-state index < -0.39 is 0 Å². The van der Waals surface area contributed by atoms with E-state index in [0.29, 0.717) is 28.5 Å². The van der Waals surface area contributed by atoms with Crippen LogP contribution in [0.4, 0.5) is 0 Å². The SMILES string of the molecule is C=CCn1cc2c3cc(O)ccc3oc3ccc(=O)c(c1O)c32. The van der Waals surface area contributed by atoms with E-state index in [1.807, 2.05) is 0 Å². The third-order valence-corrected chi connectivity index (χ3v) is 3.98. The molecule has 4 aromatic rings. The van der Waals surface area contributed by atoms with Crippen molar-refractivity contribution in [2.24, 2.45) is 0 Å². The monoisotopic (exact) mass is 307 g/mol. The number of phenols is 1. The molecule has 114 valence electrons. The van der Waals surface area contributed by atoms with Gasteiger partial charge in [-0.2, -0.15) is 0 Å². The van der Waals surface area contributed by atoms with Crippen LogP contribution in [-0.2, 0) is 6.54 Å². The van der Waals surface area contributed by atoms with Crippen molar-refractivity contribution in [3.05, 3.63) is 59.4 Å². The lowest BCUT2D eigenvalue weighted by atomic mass is 10.0. The predicted molar refractivity (Wildman–Crippen MR) is 89.0 cm³/mol. The van der Waals surface area contributed by atoms with E-state index in [4.69, 9.17) is 4.42 Å². The van der Waals surface area contributed by atoms with Gasteiger partial charge in [-0.05, 0) is 30.3 Å². The molecule has 0 aliphatic carbocycles. The Morgan fingerprint density at radius 3 is 2.65 bits per heavy atom. The molecule has 0 saturated heterocycles. The summed E-state index contributed by atoms with van der Waals surface area (Å²) in [6, 6.07) is 7.78. The third kappa shape index (κ3) is 1.83. The quantitative estimate of drug-likeness (QED) is 0.338. The van der Waals surface area contributed by atoms with Gasteiger partial charge in [0.15, 0.2) is 5.43 Å². The minimum Gasteiger partial charge on any atom is -0.508 e. The number of phenolic OH excluding ortho intramolecular Hbond substituents is 1. The Labute approximate surface area is 130 Å². The lowest BCUT2D eigenvalue weighted by Crippen LogP contribution is -2.06. The van der Waals surface area contributed by atoms with E-state index in [1.165, 1.54) is 6.07 Å². The van der Waals surface area contributed by atoms with Crippen molar-refractivity contribution in [2.45, 2.75) is 6.54 Å². The van der Waals surface area contributed by atoms with Crippen LogP contribution in [0.3, 0.4) is 0 Å². The number of fused-ring (bicyclic) bond motifs is 2. The number of allylic oxidation sites excluding steroid dienone is 1. The highest BCUT2D eigenvalue weighted by molar-refractivity contribution is 6.18. The van der Waals surface area contributed by atoms with Crippen molar-refractivity contribution in [2.75, 3.05) is 0 Å². The van der Waals surface area contributed by atoms with Crippen molar-refractivity contribution in [1.29, 1.82) is 0 Å². The van der Waals surface area contributed by atoms with Gasteiger partial charge in [0.25, 0.3) is 0 Å². The first-order valence-electron chi connectivity index (χ1n) is 7.11. The fraction of sp³-hybridized carbons (Fsp3) is 0.0556. The van der Waals surface area contributed by atoms with Crippen molar-refractivity contribution < 1.29 is 14.6 Å². The Morgan fingerprint density at radius 2 is 1.87 bits per heavy atom. The first kappa shape index (κ1) is 13.5. The summed E-state index contributed by atoms with van der Waals surface area (Å²) < 4.78 is 7.37. The second-order valence-corrected chi connectivity index (χ2v) is 5.40. The third-order valence-electron chi connectivity index (χ3n) is 3.98. The van der Waals surface area contributed by atoms with E-state index >= 15 is 0 Å². The van der Waals surface area contributed by atoms with Gasteiger partial charge in [-0.25, -0.2) is 0 Å². The molecular weight excluding hydrogens is 294 g/mol. The average molecular weight is 307 g/mol. The van der Waals surface area contributed by atoms with Crippen LogP contribution in [0.1, 0.15) is 0 Å². The van der Waals surface area contributed by atoms with Crippen molar-refractivity contribution >= 4 is 32.7 Å². The molecule has 0 radical (unpaired) electrons. The lowest BCUT2D eigenvalue weighted by molar-refractivity contribution is 0.428. The Hall–Kier alpha value is -3.21. The lowest BCUT2D eigenvalue weighted by Gasteiger charge is -2.14. The summed E-state index contributed by atoms with van der Waals surface area (Å²) in [6.07, 6.45) is 3.37. The second kappa shape index (κ2) is 4.64. The predicted octanol–water partition coefficient (Wildman–Crippen LogP) is 3.50. The molecule has 0 spiro atoms. The minimum atomic E-state index is -0.284. The summed E-state index contributed by atoms with van der Waals surface area (Å²) in [5.74, 6) is -0.0201. The summed E-state index contributed by atoms with van der Waals surface area (Å²) in [5, 5.41) is 22.4. The number of hydrogen-bond acceptors (Lipinski definition) is 4. The molecule has 5 nitrogen and oxygen atoms in total. The van der Waals surface area contributed by atoms with Crippen molar-refractivity contribution in [3.63, 3.8) is 0 Å². The molecule has 2 aromatic heterocycles. The number of aromatic nitrogens is 1. The largest absolute Gasteiger partial charge is 0.508 e. The zero-order chi connectivity index (χ0) is 16.1. The summed E-state index contributed by atoms with van der Waals surface area (Å²) in [6.45, 7) is 4.02. The highest BCUT2D eigenvalue weighted by Gasteiger charge is 2.17. The van der Waals surface area contributed by atoms with Crippen LogP contribution in [0, 0.1) is 0 Å². The molecule has 2 aromatic carbocycles. The highest BCUT2D eigenvalue weighted by atomic mass is 16.3. The molecule has 0 aliphatic heterocycles. The molecule has 0 bridgehead atoms. The van der Waals surface area contributed by atoms with E-state index in [-0.39, 0.29) is 22.4 Å². The van der Waals surface area contributed by atoms with E-state index in [1.54, 1.807) is 41.1 Å². The summed E-state index contributed by atoms with van der Waals surface area (Å²) >= 11 is 0. The number of benzene rings is 2. The van der Waals surface area contributed by atoms with Gasteiger partial charge in [-0.1, -0.05) is 6.08 Å². The molecule has 0 fully saturated rings. The van der Waals surface area contributed by atoms with Gasteiger partial charge < -0.3 is 19.2 Å². The molecule has 23 heavy (non-hydrogen) atoms. The van der Waals surface area contributed by atoms with Crippen molar-refractivity contribution in [3.8, 4) is 11.6 Å². The maximum absolute atomic E-state index is 12.3. The van der Waals surface area contributed by atoms with Crippen LogP contribution in [-0.4, -0.2) is 14.8 Å². The fourth-order valence-electron chi connectivity index (χ4n) is 2.98. The normalized spacial score (nSPS) is 11.5. The Morgan fingerprint density at radius 1 is 1.09 bits per heavy atom. The van der Waals surface area contributed by atoms with Gasteiger partial charge >= 0.3 is 0 Å². The minimum absolute atomic E-state index is 0.102. The molecule has 2 heterocycles. The molecule has 0 saturated carbocycles. The van der Waals surface area contributed by atoms with Crippen LogP contribution >= 0.6 is 0 Å². The molecule has 0 atom stereocenters. The number of rotatable bonds is 2. The van der Waals surface area contributed by atoms with Gasteiger partial charge in [0.05, 0.1) is 5.39 Å². The Balaban J connectivity index is 2.36. The Kier molecular flexibility index (Phi) is 2.72. The van der Waals surface area contributed by atoms with Gasteiger partial charge in [0.1, 0.15) is 16.9 Å². The number of hydrogen-bond donors (Lipinski definition) is 2. The topological polar surface area (TPSA) is 75.6 Å². The maximum Gasteiger partial charge on any atom is 0.203 e. The van der Waals surface area contributed by atoms with Crippen LogP contribution in [0.15, 0.2) is 58.4 Å². The summed E-state index contributed by atoms with van der Waals surface area (Å²) in [5.41, 5.74) is 0.813. The molecule has 4 rings (SSSR count). The van der Waals surface area contributed by atoms with Crippen LogP contribution in [0.2, 0.25) is 0 Å². The first-order valence-corrected chi connectivity index (χ1v) is 7.11. The molecule has 0 unspecified atom stereocenters. The average Bonchev–Trinajstić information content (AvgIpc) is 2.53. The molecular formula is C18H13NO4. The maximum atomic E-state index is 12.3. The smallest absolute Gasteiger partial charge is 0.203 e. The van der Waals surface area contributed by atoms with E-state index in [9.17, 15) is 15.0 Å².